The number of sulfonamides is 1. The summed E-state index contributed by atoms with van der Waals surface area (Å²) >= 11 is 0. The third kappa shape index (κ3) is 10.6. The molecule has 150 valence electrons. The highest BCUT2D eigenvalue weighted by molar-refractivity contribution is 7.89. The van der Waals surface area contributed by atoms with E-state index in [0.717, 1.165) is 32.4 Å². The van der Waals surface area contributed by atoms with Gasteiger partial charge in [-0.1, -0.05) is 0 Å². The summed E-state index contributed by atoms with van der Waals surface area (Å²) in [6, 6.07) is 0. The molecule has 1 saturated heterocycles. The van der Waals surface area contributed by atoms with Gasteiger partial charge in [0.15, 0.2) is 0 Å². The molecule has 2 atom stereocenters. The van der Waals surface area contributed by atoms with Crippen LogP contribution < -0.4 is 5.14 Å². The summed E-state index contributed by atoms with van der Waals surface area (Å²) in [5.41, 5.74) is -0.430. The summed E-state index contributed by atoms with van der Waals surface area (Å²) in [5, 5.41) is 5.00. The Bertz CT molecular complexity index is 523. The third-order valence-electron chi connectivity index (χ3n) is 4.12. The lowest BCUT2D eigenvalue weighted by Gasteiger charge is -2.36. The fourth-order valence-corrected chi connectivity index (χ4v) is 4.57. The molecular formula is C16H34N2O5S2. The van der Waals surface area contributed by atoms with Crippen molar-refractivity contribution in [3.63, 3.8) is 0 Å². The Balaban J connectivity index is 2.41. The highest BCUT2D eigenvalue weighted by Gasteiger charge is 2.29. The molecule has 1 rings (SSSR count). The minimum Gasteiger partial charge on any atom is -0.378 e. The maximum absolute atomic E-state index is 12.4. The lowest BCUT2D eigenvalue weighted by Crippen LogP contribution is -2.41. The van der Waals surface area contributed by atoms with Crippen molar-refractivity contribution in [1.29, 1.82) is 0 Å². The molecule has 9 heteroatoms. The molecule has 0 aromatic heterocycles. The van der Waals surface area contributed by atoms with Gasteiger partial charge < -0.3 is 9.47 Å². The van der Waals surface area contributed by atoms with Gasteiger partial charge >= 0.3 is 0 Å². The van der Waals surface area contributed by atoms with Crippen molar-refractivity contribution >= 4 is 21.0 Å². The summed E-state index contributed by atoms with van der Waals surface area (Å²) in [6.07, 6.45) is 3.03. The normalized spacial score (nSPS) is 21.6. The first-order valence-electron chi connectivity index (χ1n) is 8.88. The second-order valence-electron chi connectivity index (χ2n) is 7.52. The monoisotopic (exact) mass is 398 g/mol. The van der Waals surface area contributed by atoms with Gasteiger partial charge in [0.05, 0.1) is 47.4 Å². The van der Waals surface area contributed by atoms with Crippen molar-refractivity contribution in [3.05, 3.63) is 0 Å². The van der Waals surface area contributed by atoms with Crippen molar-refractivity contribution in [1.82, 2.24) is 4.31 Å². The van der Waals surface area contributed by atoms with Gasteiger partial charge in [0.2, 0.25) is 10.0 Å². The van der Waals surface area contributed by atoms with E-state index in [9.17, 15) is 12.6 Å². The molecule has 25 heavy (non-hydrogen) atoms. The third-order valence-corrected chi connectivity index (χ3v) is 6.28. The molecule has 1 aliphatic heterocycles. The van der Waals surface area contributed by atoms with Crippen LogP contribution >= 0.6 is 0 Å². The Hall–Kier alpha value is -0.0600. The van der Waals surface area contributed by atoms with E-state index in [1.165, 1.54) is 0 Å². The topological polar surface area (TPSA) is 98.9 Å². The van der Waals surface area contributed by atoms with Crippen LogP contribution in [0.15, 0.2) is 0 Å². The Morgan fingerprint density at radius 2 is 2.00 bits per heavy atom. The van der Waals surface area contributed by atoms with Crippen LogP contribution in [-0.2, 0) is 30.5 Å². The van der Waals surface area contributed by atoms with E-state index in [-0.39, 0.29) is 18.5 Å². The predicted octanol–water partition coefficient (Wildman–Crippen LogP) is 1.26. The largest absolute Gasteiger partial charge is 0.378 e. The fraction of sp³-hybridized carbons (Fsp3) is 1.00. The van der Waals surface area contributed by atoms with Gasteiger partial charge in [-0.2, -0.15) is 0 Å². The van der Waals surface area contributed by atoms with Crippen LogP contribution in [0.5, 0.6) is 0 Å². The minimum atomic E-state index is -3.50. The van der Waals surface area contributed by atoms with Crippen LogP contribution in [0.1, 0.15) is 47.0 Å². The van der Waals surface area contributed by atoms with Crippen LogP contribution in [0, 0.1) is 5.92 Å². The van der Waals surface area contributed by atoms with Gasteiger partial charge in [0.25, 0.3) is 0 Å². The molecule has 1 fully saturated rings. The Kier molecular flexibility index (Phi) is 9.49. The quantitative estimate of drug-likeness (QED) is 0.565. The second-order valence-corrected chi connectivity index (χ2v) is 10.8. The standard InChI is InChI=1S/C16H34N2O5S2/c1-14(2)22-8-10-24(19)18-7-5-6-15(13-18)12-16(3,4)23-9-11-25(17,20)21/h14-15H,5-13H2,1-4H3,(H2,17,20,21). The number of ether oxygens (including phenoxy) is 2. The maximum atomic E-state index is 12.4. The second kappa shape index (κ2) is 10.3. The molecule has 2 N–H and O–H groups in total. The molecule has 0 aliphatic carbocycles. The SMILES string of the molecule is CC(C)OCCS(=O)N1CCCC(CC(C)(C)OCCS(N)(=O)=O)C1. The lowest BCUT2D eigenvalue weighted by atomic mass is 9.88. The number of piperidine rings is 1. The van der Waals surface area contributed by atoms with Gasteiger partial charge in [0, 0.05) is 13.1 Å². The molecule has 0 radical (unpaired) electrons. The van der Waals surface area contributed by atoms with E-state index in [0.29, 0.717) is 18.3 Å². The van der Waals surface area contributed by atoms with Crippen molar-refractivity contribution in [2.45, 2.75) is 58.7 Å². The van der Waals surface area contributed by atoms with Crippen LogP contribution in [0.4, 0.5) is 0 Å². The van der Waals surface area contributed by atoms with Gasteiger partial charge in [-0.25, -0.2) is 22.1 Å². The van der Waals surface area contributed by atoms with E-state index < -0.39 is 26.6 Å². The molecular weight excluding hydrogens is 364 g/mol. The minimum absolute atomic E-state index is 0.0980. The van der Waals surface area contributed by atoms with E-state index in [1.807, 2.05) is 32.0 Å². The van der Waals surface area contributed by atoms with Crippen LogP contribution in [0.3, 0.4) is 0 Å². The molecule has 0 spiro atoms. The lowest BCUT2D eigenvalue weighted by molar-refractivity contribution is -0.0307. The van der Waals surface area contributed by atoms with E-state index in [4.69, 9.17) is 14.6 Å². The smallest absolute Gasteiger partial charge is 0.211 e. The van der Waals surface area contributed by atoms with Crippen LogP contribution in [-0.4, -0.2) is 66.4 Å². The zero-order valence-corrected chi connectivity index (χ0v) is 17.5. The van der Waals surface area contributed by atoms with Gasteiger partial charge in [-0.3, -0.25) is 0 Å². The van der Waals surface area contributed by atoms with E-state index in [2.05, 4.69) is 0 Å². The Morgan fingerprint density at radius 3 is 2.60 bits per heavy atom. The van der Waals surface area contributed by atoms with Crippen LogP contribution in [0.2, 0.25) is 0 Å². The molecule has 1 heterocycles. The zero-order valence-electron chi connectivity index (χ0n) is 15.9. The average molecular weight is 399 g/mol. The molecule has 1 aliphatic rings. The predicted molar refractivity (Wildman–Crippen MR) is 101 cm³/mol. The molecule has 7 nitrogen and oxygen atoms in total. The van der Waals surface area contributed by atoms with Gasteiger partial charge in [-0.05, 0) is 52.9 Å². The molecule has 0 aromatic rings. The number of primary sulfonamides is 1. The summed E-state index contributed by atoms with van der Waals surface area (Å²) in [6.45, 7) is 10.1. The first-order valence-corrected chi connectivity index (χ1v) is 11.9. The highest BCUT2D eigenvalue weighted by atomic mass is 32.2. The fourth-order valence-electron chi connectivity index (χ4n) is 3.05. The van der Waals surface area contributed by atoms with Crippen molar-refractivity contribution in [3.8, 4) is 0 Å². The van der Waals surface area contributed by atoms with Crippen molar-refractivity contribution in [2.24, 2.45) is 11.1 Å². The van der Waals surface area contributed by atoms with E-state index >= 15 is 0 Å². The summed E-state index contributed by atoms with van der Waals surface area (Å²) in [5.74, 6) is 0.736. The van der Waals surface area contributed by atoms with Crippen LogP contribution in [0.25, 0.3) is 0 Å². The summed E-state index contributed by atoms with van der Waals surface area (Å²) in [7, 11) is -4.52. The molecule has 0 saturated carbocycles. The Labute approximate surface area is 155 Å². The highest BCUT2D eigenvalue weighted by Crippen LogP contribution is 2.28. The Morgan fingerprint density at radius 1 is 1.32 bits per heavy atom. The molecule has 0 amide bonds. The molecule has 0 bridgehead atoms. The number of nitrogens with two attached hydrogens (primary N) is 1. The van der Waals surface area contributed by atoms with E-state index in [1.54, 1.807) is 0 Å². The number of rotatable bonds is 11. The first kappa shape index (κ1) is 23.0. The average Bonchev–Trinajstić information content (AvgIpc) is 2.44. The van der Waals surface area contributed by atoms with Crippen molar-refractivity contribution in [2.75, 3.05) is 37.8 Å². The number of hydrogen-bond donors (Lipinski definition) is 1. The first-order chi connectivity index (χ1) is 11.5. The molecule has 0 aromatic carbocycles. The number of hydrogen-bond acceptors (Lipinski definition) is 5. The summed E-state index contributed by atoms with van der Waals surface area (Å²) in [4.78, 5) is 0. The zero-order chi connectivity index (χ0) is 19.1. The van der Waals surface area contributed by atoms with Crippen molar-refractivity contribution < 1.29 is 22.1 Å². The molecule has 2 unspecified atom stereocenters. The van der Waals surface area contributed by atoms with Gasteiger partial charge in [0.1, 0.15) is 0 Å². The maximum Gasteiger partial charge on any atom is 0.211 e. The van der Waals surface area contributed by atoms with Gasteiger partial charge in [-0.15, -0.1) is 0 Å². The summed E-state index contributed by atoms with van der Waals surface area (Å²) < 4.78 is 47.7. The number of nitrogens with zero attached hydrogens (tertiary/aromatic N) is 1.